The molecule has 2 aromatic heterocycles. The van der Waals surface area contributed by atoms with Gasteiger partial charge in [-0.05, 0) is 50.5 Å². The standard InChI is InChI=1S/C20H26N2O4S/c1-12(7-13(2)23)10-24-16-8-14(9-16)11-25-18-6-5-17-19(22-18)27-20(21-17)26-15-3-4-15/h5-6,12,14-16H,3-4,7-11H2,1-2H3/t12-,14?,16?/m1/s1. The predicted octanol–water partition coefficient (Wildman–Crippen LogP) is 4.02. The minimum absolute atomic E-state index is 0.225. The van der Waals surface area contributed by atoms with Gasteiger partial charge in [0.15, 0.2) is 4.83 Å². The third-order valence-electron chi connectivity index (χ3n) is 4.91. The normalized spacial score (nSPS) is 23.0. The SMILES string of the molecule is CC(=O)C[C@@H](C)COC1CC(COc2ccc3nc(OC4CC4)sc3n2)C1. The zero-order valence-electron chi connectivity index (χ0n) is 15.8. The fraction of sp³-hybridized carbons (Fsp3) is 0.650. The second kappa shape index (κ2) is 8.10. The minimum atomic E-state index is 0.225. The lowest BCUT2D eigenvalue weighted by Gasteiger charge is -2.35. The van der Waals surface area contributed by atoms with Crippen LogP contribution >= 0.6 is 11.3 Å². The Hall–Kier alpha value is -1.73. The fourth-order valence-electron chi connectivity index (χ4n) is 3.24. The topological polar surface area (TPSA) is 70.5 Å². The molecule has 6 nitrogen and oxygen atoms in total. The number of hydrogen-bond acceptors (Lipinski definition) is 7. The van der Waals surface area contributed by atoms with Crippen molar-refractivity contribution in [2.45, 2.75) is 58.2 Å². The lowest BCUT2D eigenvalue weighted by atomic mass is 9.83. The summed E-state index contributed by atoms with van der Waals surface area (Å²) in [6.07, 6.45) is 5.51. The Kier molecular flexibility index (Phi) is 5.59. The van der Waals surface area contributed by atoms with Crippen molar-refractivity contribution in [2.24, 2.45) is 11.8 Å². The van der Waals surface area contributed by atoms with Crippen LogP contribution in [0.2, 0.25) is 0 Å². The summed E-state index contributed by atoms with van der Waals surface area (Å²) in [5, 5.41) is 0.704. The first-order chi connectivity index (χ1) is 13.0. The highest BCUT2D eigenvalue weighted by molar-refractivity contribution is 7.19. The van der Waals surface area contributed by atoms with Crippen LogP contribution in [-0.4, -0.2) is 41.2 Å². The fourth-order valence-corrected chi connectivity index (χ4v) is 4.09. The molecule has 0 saturated heterocycles. The van der Waals surface area contributed by atoms with Gasteiger partial charge < -0.3 is 19.0 Å². The monoisotopic (exact) mass is 390 g/mol. The van der Waals surface area contributed by atoms with Gasteiger partial charge in [-0.2, -0.15) is 0 Å². The van der Waals surface area contributed by atoms with Gasteiger partial charge in [0.05, 0.1) is 12.7 Å². The van der Waals surface area contributed by atoms with Crippen LogP contribution < -0.4 is 9.47 Å². The van der Waals surface area contributed by atoms with Crippen molar-refractivity contribution < 1.29 is 19.0 Å². The summed E-state index contributed by atoms with van der Waals surface area (Å²) in [5.41, 5.74) is 0.861. The van der Waals surface area contributed by atoms with Gasteiger partial charge in [0.1, 0.15) is 17.4 Å². The summed E-state index contributed by atoms with van der Waals surface area (Å²) in [5.74, 6) is 1.67. The molecule has 2 aliphatic rings. The van der Waals surface area contributed by atoms with Gasteiger partial charge in [-0.1, -0.05) is 18.3 Å². The molecule has 0 spiro atoms. The first-order valence-electron chi connectivity index (χ1n) is 9.73. The highest BCUT2D eigenvalue weighted by atomic mass is 32.1. The first-order valence-corrected chi connectivity index (χ1v) is 10.5. The van der Waals surface area contributed by atoms with E-state index in [1.807, 2.05) is 12.1 Å². The maximum Gasteiger partial charge on any atom is 0.276 e. The van der Waals surface area contributed by atoms with Crippen LogP contribution in [-0.2, 0) is 9.53 Å². The Balaban J connectivity index is 1.19. The number of carbonyl (C=O) groups is 1. The minimum Gasteiger partial charge on any atom is -0.477 e. The predicted molar refractivity (Wildman–Crippen MR) is 103 cm³/mol. The van der Waals surface area contributed by atoms with E-state index >= 15 is 0 Å². The Morgan fingerprint density at radius 1 is 1.26 bits per heavy atom. The maximum absolute atomic E-state index is 11.1. The molecular formula is C20H26N2O4S. The van der Waals surface area contributed by atoms with E-state index in [-0.39, 0.29) is 5.78 Å². The Morgan fingerprint density at radius 3 is 2.81 bits per heavy atom. The van der Waals surface area contributed by atoms with Crippen molar-refractivity contribution in [3.63, 3.8) is 0 Å². The summed E-state index contributed by atoms with van der Waals surface area (Å²) in [6, 6.07) is 3.82. The number of Topliss-reactive ketones (excluding diaryl/α,β-unsaturated/α-hetero) is 1. The second-order valence-corrected chi connectivity index (χ2v) is 8.83. The molecule has 0 N–H and O–H groups in total. The maximum atomic E-state index is 11.1. The summed E-state index contributed by atoms with van der Waals surface area (Å²) < 4.78 is 17.5. The first kappa shape index (κ1) is 18.6. The largest absolute Gasteiger partial charge is 0.477 e. The van der Waals surface area contributed by atoms with Crippen LogP contribution in [0.3, 0.4) is 0 Å². The number of nitrogens with zero attached hydrogens (tertiary/aromatic N) is 2. The zero-order valence-corrected chi connectivity index (χ0v) is 16.7. The van der Waals surface area contributed by atoms with Gasteiger partial charge in [-0.3, -0.25) is 0 Å². The lowest BCUT2D eigenvalue weighted by molar-refractivity contribution is -0.119. The number of pyridine rings is 1. The molecule has 0 aliphatic heterocycles. The van der Waals surface area contributed by atoms with Gasteiger partial charge in [-0.15, -0.1) is 0 Å². The van der Waals surface area contributed by atoms with Crippen molar-refractivity contribution in [3.8, 4) is 11.1 Å². The molecule has 0 unspecified atom stereocenters. The molecule has 2 saturated carbocycles. The van der Waals surface area contributed by atoms with Crippen molar-refractivity contribution >= 4 is 27.5 Å². The Morgan fingerprint density at radius 2 is 2.07 bits per heavy atom. The van der Waals surface area contributed by atoms with E-state index in [0.29, 0.717) is 54.8 Å². The highest BCUT2D eigenvalue weighted by Crippen LogP contribution is 2.34. The number of carbonyl (C=O) groups excluding carboxylic acids is 1. The number of fused-ring (bicyclic) bond motifs is 1. The number of aromatic nitrogens is 2. The smallest absolute Gasteiger partial charge is 0.276 e. The average Bonchev–Trinajstić information content (AvgIpc) is 3.29. The molecule has 27 heavy (non-hydrogen) atoms. The molecule has 2 heterocycles. The Bertz CT molecular complexity index is 798. The van der Waals surface area contributed by atoms with Crippen LogP contribution in [0.5, 0.6) is 11.1 Å². The molecule has 2 aromatic rings. The van der Waals surface area contributed by atoms with Crippen LogP contribution in [0.15, 0.2) is 12.1 Å². The van der Waals surface area contributed by atoms with E-state index in [1.165, 1.54) is 11.3 Å². The molecule has 0 bridgehead atoms. The average molecular weight is 391 g/mol. The number of ether oxygens (including phenoxy) is 3. The highest BCUT2D eigenvalue weighted by Gasteiger charge is 2.31. The van der Waals surface area contributed by atoms with E-state index < -0.39 is 0 Å². The van der Waals surface area contributed by atoms with E-state index in [0.717, 1.165) is 36.0 Å². The molecule has 0 aromatic carbocycles. The van der Waals surface area contributed by atoms with Crippen molar-refractivity contribution in [1.82, 2.24) is 9.97 Å². The van der Waals surface area contributed by atoms with Gasteiger partial charge in [0, 0.05) is 19.1 Å². The van der Waals surface area contributed by atoms with E-state index in [1.54, 1.807) is 6.92 Å². The van der Waals surface area contributed by atoms with Crippen LogP contribution in [0.25, 0.3) is 10.3 Å². The molecule has 146 valence electrons. The molecule has 0 amide bonds. The van der Waals surface area contributed by atoms with Crippen LogP contribution in [0, 0.1) is 11.8 Å². The van der Waals surface area contributed by atoms with Crippen LogP contribution in [0.4, 0.5) is 0 Å². The van der Waals surface area contributed by atoms with Gasteiger partial charge in [-0.25, -0.2) is 9.97 Å². The molecular weight excluding hydrogens is 364 g/mol. The lowest BCUT2D eigenvalue weighted by Crippen LogP contribution is -2.36. The third-order valence-corrected chi connectivity index (χ3v) is 5.77. The summed E-state index contributed by atoms with van der Waals surface area (Å²) in [4.78, 5) is 21.0. The van der Waals surface area contributed by atoms with Gasteiger partial charge in [0.25, 0.3) is 5.19 Å². The van der Waals surface area contributed by atoms with Crippen molar-refractivity contribution in [2.75, 3.05) is 13.2 Å². The van der Waals surface area contributed by atoms with Crippen molar-refractivity contribution in [1.29, 1.82) is 0 Å². The van der Waals surface area contributed by atoms with Gasteiger partial charge >= 0.3 is 0 Å². The number of thiazole rings is 1. The number of rotatable bonds is 10. The van der Waals surface area contributed by atoms with E-state index in [4.69, 9.17) is 14.2 Å². The second-order valence-electron chi connectivity index (χ2n) is 7.89. The van der Waals surface area contributed by atoms with Crippen molar-refractivity contribution in [3.05, 3.63) is 12.1 Å². The molecule has 2 aliphatic carbocycles. The molecule has 2 fully saturated rings. The molecule has 1 atom stereocenters. The summed E-state index contributed by atoms with van der Waals surface area (Å²) in [6.45, 7) is 5.01. The molecule has 4 rings (SSSR count). The van der Waals surface area contributed by atoms with E-state index in [9.17, 15) is 4.79 Å². The Labute approximate surface area is 163 Å². The van der Waals surface area contributed by atoms with Gasteiger partial charge in [0.2, 0.25) is 5.88 Å². The third kappa shape index (κ3) is 5.17. The van der Waals surface area contributed by atoms with Crippen LogP contribution in [0.1, 0.15) is 46.0 Å². The summed E-state index contributed by atoms with van der Waals surface area (Å²) in [7, 11) is 0. The molecule has 7 heteroatoms. The zero-order chi connectivity index (χ0) is 18.8. The number of ketones is 1. The van der Waals surface area contributed by atoms with E-state index in [2.05, 4.69) is 16.9 Å². The summed E-state index contributed by atoms with van der Waals surface area (Å²) >= 11 is 1.48. The quantitative estimate of drug-likeness (QED) is 0.610. The number of hydrogen-bond donors (Lipinski definition) is 0. The molecule has 0 radical (unpaired) electrons.